The predicted octanol–water partition coefficient (Wildman–Crippen LogP) is 3.82. The third-order valence-electron chi connectivity index (χ3n) is 2.85. The zero-order valence-electron chi connectivity index (χ0n) is 11.8. The molecule has 0 bridgehead atoms. The van der Waals surface area contributed by atoms with E-state index < -0.39 is 27.4 Å². The fourth-order valence-electron chi connectivity index (χ4n) is 1.66. The van der Waals surface area contributed by atoms with Crippen molar-refractivity contribution in [3.63, 3.8) is 0 Å². The van der Waals surface area contributed by atoms with Gasteiger partial charge in [-0.1, -0.05) is 0 Å². The number of furan rings is 1. The molecule has 0 radical (unpaired) electrons. The first-order chi connectivity index (χ1) is 9.18. The molecule has 0 saturated heterocycles. The highest BCUT2D eigenvalue weighted by Crippen LogP contribution is 2.26. The van der Waals surface area contributed by atoms with Crippen molar-refractivity contribution >= 4 is 22.0 Å². The Labute approximate surface area is 118 Å². The molecule has 20 heavy (non-hydrogen) atoms. The number of halogens is 2. The first-order valence-corrected chi connectivity index (χ1v) is 7.40. The first kappa shape index (κ1) is 15.1. The van der Waals surface area contributed by atoms with Crippen molar-refractivity contribution in [2.45, 2.75) is 38.5 Å². The molecule has 0 fully saturated rings. The van der Waals surface area contributed by atoms with E-state index >= 15 is 0 Å². The summed E-state index contributed by atoms with van der Waals surface area (Å²) in [5, 5.41) is 0.481. The topological polar surface area (TPSA) is 42.2 Å². The van der Waals surface area contributed by atoms with Gasteiger partial charge in [0.1, 0.15) is 11.3 Å². The van der Waals surface area contributed by atoms with Gasteiger partial charge in [-0.05, 0) is 39.8 Å². The maximum absolute atomic E-state index is 13.1. The Hall–Kier alpha value is -1.27. The van der Waals surface area contributed by atoms with Crippen molar-refractivity contribution in [1.29, 1.82) is 0 Å². The summed E-state index contributed by atoms with van der Waals surface area (Å²) in [4.78, 5) is 0. The highest BCUT2D eigenvalue weighted by molar-refractivity contribution is 7.84. The summed E-state index contributed by atoms with van der Waals surface area (Å²) in [7, 11) is -1.26. The highest BCUT2D eigenvalue weighted by Gasteiger charge is 2.23. The summed E-state index contributed by atoms with van der Waals surface area (Å²) >= 11 is 0. The summed E-state index contributed by atoms with van der Waals surface area (Å²) in [6.45, 7) is 7.35. The number of benzene rings is 1. The minimum Gasteiger partial charge on any atom is -0.459 e. The molecular formula is C14H17F2NO2S. The van der Waals surface area contributed by atoms with Crippen LogP contribution in [0.25, 0.3) is 11.0 Å². The molecule has 3 nitrogen and oxygen atoms in total. The number of nitrogens with one attached hydrogen (secondary N) is 1. The lowest BCUT2D eigenvalue weighted by Crippen LogP contribution is -2.34. The Balaban J connectivity index is 2.27. The van der Waals surface area contributed by atoms with Crippen LogP contribution in [0.4, 0.5) is 8.78 Å². The van der Waals surface area contributed by atoms with Crippen molar-refractivity contribution in [3.8, 4) is 0 Å². The van der Waals surface area contributed by atoms with E-state index in [1.165, 1.54) is 0 Å². The lowest BCUT2D eigenvalue weighted by atomic mass is 10.2. The molecule has 2 rings (SSSR count). The molecule has 0 aliphatic carbocycles. The average molecular weight is 301 g/mol. The molecule has 2 atom stereocenters. The Kier molecular flexibility index (Phi) is 3.97. The minimum atomic E-state index is -1.26. The zero-order chi connectivity index (χ0) is 15.1. The van der Waals surface area contributed by atoms with Gasteiger partial charge in [0.05, 0.1) is 21.8 Å². The molecular weight excluding hydrogens is 284 g/mol. The van der Waals surface area contributed by atoms with E-state index in [1.54, 1.807) is 13.0 Å². The van der Waals surface area contributed by atoms with E-state index in [-0.39, 0.29) is 11.6 Å². The van der Waals surface area contributed by atoms with Crippen LogP contribution in [0.3, 0.4) is 0 Å². The largest absolute Gasteiger partial charge is 0.459 e. The average Bonchev–Trinajstić information content (AvgIpc) is 2.71. The van der Waals surface area contributed by atoms with E-state index in [9.17, 15) is 13.0 Å². The molecule has 0 amide bonds. The van der Waals surface area contributed by atoms with Crippen LogP contribution in [-0.2, 0) is 11.0 Å². The van der Waals surface area contributed by atoms with Gasteiger partial charge in [-0.25, -0.2) is 17.7 Å². The third-order valence-corrected chi connectivity index (χ3v) is 4.53. The van der Waals surface area contributed by atoms with Crippen LogP contribution in [0.5, 0.6) is 0 Å². The van der Waals surface area contributed by atoms with Crippen molar-refractivity contribution in [3.05, 3.63) is 35.6 Å². The van der Waals surface area contributed by atoms with Crippen molar-refractivity contribution in [1.82, 2.24) is 4.72 Å². The maximum Gasteiger partial charge on any atom is 0.162 e. The molecule has 2 aromatic rings. The van der Waals surface area contributed by atoms with Gasteiger partial charge in [0.2, 0.25) is 0 Å². The maximum atomic E-state index is 13.1. The summed E-state index contributed by atoms with van der Waals surface area (Å²) < 4.78 is 46.3. The van der Waals surface area contributed by atoms with Crippen LogP contribution < -0.4 is 4.72 Å². The normalized spacial score (nSPS) is 15.5. The van der Waals surface area contributed by atoms with Crippen LogP contribution in [-0.4, -0.2) is 8.96 Å². The quantitative estimate of drug-likeness (QED) is 0.936. The van der Waals surface area contributed by atoms with Crippen LogP contribution in [0.2, 0.25) is 0 Å². The van der Waals surface area contributed by atoms with E-state index in [1.807, 2.05) is 20.8 Å². The molecule has 0 unspecified atom stereocenters. The lowest BCUT2D eigenvalue weighted by Gasteiger charge is -2.20. The molecule has 0 aliphatic heterocycles. The van der Waals surface area contributed by atoms with Gasteiger partial charge in [0.25, 0.3) is 0 Å². The first-order valence-electron chi connectivity index (χ1n) is 6.25. The number of hydrogen-bond acceptors (Lipinski definition) is 2. The summed E-state index contributed by atoms with van der Waals surface area (Å²) in [5.74, 6) is -1.37. The number of hydrogen-bond donors (Lipinski definition) is 1. The Morgan fingerprint density at radius 2 is 1.80 bits per heavy atom. The van der Waals surface area contributed by atoms with Crippen molar-refractivity contribution in [2.75, 3.05) is 0 Å². The van der Waals surface area contributed by atoms with E-state index in [0.717, 1.165) is 12.1 Å². The molecule has 0 saturated carbocycles. The molecule has 0 aliphatic rings. The van der Waals surface area contributed by atoms with Crippen molar-refractivity contribution < 1.29 is 17.4 Å². The van der Waals surface area contributed by atoms with Crippen LogP contribution >= 0.6 is 0 Å². The second-order valence-electron chi connectivity index (χ2n) is 5.67. The van der Waals surface area contributed by atoms with E-state index in [2.05, 4.69) is 4.72 Å². The monoisotopic (exact) mass is 301 g/mol. The fraction of sp³-hybridized carbons (Fsp3) is 0.429. The molecule has 110 valence electrons. The van der Waals surface area contributed by atoms with Gasteiger partial charge >= 0.3 is 0 Å². The molecule has 1 N–H and O–H groups in total. The van der Waals surface area contributed by atoms with Gasteiger partial charge in [0.15, 0.2) is 11.6 Å². The van der Waals surface area contributed by atoms with Gasteiger partial charge < -0.3 is 4.42 Å². The van der Waals surface area contributed by atoms with Gasteiger partial charge in [-0.3, -0.25) is 0 Å². The third kappa shape index (κ3) is 3.07. The fourth-order valence-corrected chi connectivity index (χ4v) is 2.45. The Morgan fingerprint density at radius 3 is 2.40 bits per heavy atom. The van der Waals surface area contributed by atoms with E-state index in [4.69, 9.17) is 4.42 Å². The SMILES string of the molecule is C[C@@H](N[S@@](=O)C(C)(C)C)c1cc2cc(F)c(F)cc2o1. The number of rotatable bonds is 3. The second kappa shape index (κ2) is 5.26. The van der Waals surface area contributed by atoms with Gasteiger partial charge in [0, 0.05) is 11.5 Å². The highest BCUT2D eigenvalue weighted by atomic mass is 32.2. The molecule has 1 aromatic heterocycles. The van der Waals surface area contributed by atoms with Gasteiger partial charge in [-0.15, -0.1) is 0 Å². The molecule has 1 heterocycles. The predicted molar refractivity (Wildman–Crippen MR) is 75.6 cm³/mol. The van der Waals surface area contributed by atoms with Crippen molar-refractivity contribution in [2.24, 2.45) is 0 Å². The minimum absolute atomic E-state index is 0.272. The lowest BCUT2D eigenvalue weighted by molar-refractivity contribution is 0.484. The Bertz CT molecular complexity index is 622. The second-order valence-corrected chi connectivity index (χ2v) is 7.67. The van der Waals surface area contributed by atoms with Crippen LogP contribution in [0, 0.1) is 11.6 Å². The van der Waals surface area contributed by atoms with Gasteiger partial charge in [-0.2, -0.15) is 0 Å². The van der Waals surface area contributed by atoms with E-state index in [0.29, 0.717) is 11.1 Å². The summed E-state index contributed by atoms with van der Waals surface area (Å²) in [5.41, 5.74) is 0.272. The molecule has 1 aromatic carbocycles. The molecule has 6 heteroatoms. The van der Waals surface area contributed by atoms with Crippen LogP contribution in [0.15, 0.2) is 22.6 Å². The smallest absolute Gasteiger partial charge is 0.162 e. The summed E-state index contributed by atoms with van der Waals surface area (Å²) in [6, 6.07) is 3.40. The number of fused-ring (bicyclic) bond motifs is 1. The van der Waals surface area contributed by atoms with Crippen LogP contribution in [0.1, 0.15) is 39.5 Å². The standard InChI is InChI=1S/C14H17F2NO2S/c1-8(17-20(18)14(2,3)4)12-6-9-5-10(15)11(16)7-13(9)19-12/h5-8,17H,1-4H3/t8-,20+/m1/s1. The molecule has 0 spiro atoms. The summed E-state index contributed by atoms with van der Waals surface area (Å²) in [6.07, 6.45) is 0. The zero-order valence-corrected chi connectivity index (χ0v) is 12.6. The Morgan fingerprint density at radius 1 is 1.20 bits per heavy atom.